The molecule has 0 saturated heterocycles. The normalized spacial score (nSPS) is 15.4. The lowest BCUT2D eigenvalue weighted by atomic mass is 9.93. The lowest BCUT2D eigenvalue weighted by Crippen LogP contribution is -2.36. The maximum atomic E-state index is 10.4. The molecule has 0 heterocycles. The molecule has 1 fully saturated rings. The summed E-state index contributed by atoms with van der Waals surface area (Å²) in [6.07, 6.45) is 8.18. The minimum atomic E-state index is 0.375. The van der Waals surface area contributed by atoms with Crippen LogP contribution in [0.25, 0.3) is 0 Å². The van der Waals surface area contributed by atoms with Gasteiger partial charge in [0.1, 0.15) is 11.5 Å². The predicted octanol–water partition coefficient (Wildman–Crippen LogP) is 5.56. The SMILES string of the molecule is CCc1ccc(O)c(CN(Cc2cc(CC)ccc2O)C2CCCCC2)c1. The third kappa shape index (κ3) is 5.04. The number of phenols is 2. The molecule has 27 heavy (non-hydrogen) atoms. The number of nitrogens with zero attached hydrogens (tertiary/aromatic N) is 1. The number of benzene rings is 2. The van der Waals surface area contributed by atoms with Crippen LogP contribution in [0.2, 0.25) is 0 Å². The number of aryl methyl sites for hydroxylation is 2. The fraction of sp³-hybridized carbons (Fsp3) is 0.500. The van der Waals surface area contributed by atoms with Gasteiger partial charge in [0.2, 0.25) is 0 Å². The molecule has 0 bridgehead atoms. The van der Waals surface area contributed by atoms with Crippen LogP contribution in [-0.4, -0.2) is 21.2 Å². The summed E-state index contributed by atoms with van der Waals surface area (Å²) < 4.78 is 0. The minimum Gasteiger partial charge on any atom is -0.508 e. The van der Waals surface area contributed by atoms with Gasteiger partial charge in [0.25, 0.3) is 0 Å². The van der Waals surface area contributed by atoms with E-state index in [1.54, 1.807) is 0 Å². The van der Waals surface area contributed by atoms with Crippen LogP contribution in [0.5, 0.6) is 11.5 Å². The van der Waals surface area contributed by atoms with Crippen LogP contribution in [0.1, 0.15) is 68.2 Å². The number of hydrogen-bond acceptors (Lipinski definition) is 3. The molecule has 146 valence electrons. The van der Waals surface area contributed by atoms with E-state index in [-0.39, 0.29) is 0 Å². The minimum absolute atomic E-state index is 0.375. The van der Waals surface area contributed by atoms with Crippen LogP contribution in [0.3, 0.4) is 0 Å². The molecule has 0 spiro atoms. The highest BCUT2D eigenvalue weighted by molar-refractivity contribution is 5.38. The molecule has 1 saturated carbocycles. The van der Waals surface area contributed by atoms with Crippen LogP contribution in [-0.2, 0) is 25.9 Å². The highest BCUT2D eigenvalue weighted by atomic mass is 16.3. The average Bonchev–Trinajstić information content (AvgIpc) is 2.71. The summed E-state index contributed by atoms with van der Waals surface area (Å²) in [6.45, 7) is 5.73. The molecule has 2 aromatic carbocycles. The van der Waals surface area contributed by atoms with Crippen molar-refractivity contribution >= 4 is 0 Å². The molecular weight excluding hydrogens is 334 g/mol. The van der Waals surface area contributed by atoms with Crippen molar-refractivity contribution in [1.82, 2.24) is 4.90 Å². The molecule has 3 rings (SSSR count). The highest BCUT2D eigenvalue weighted by Crippen LogP contribution is 2.30. The van der Waals surface area contributed by atoms with E-state index in [0.29, 0.717) is 17.5 Å². The Morgan fingerprint density at radius 1 is 0.778 bits per heavy atom. The molecule has 0 radical (unpaired) electrons. The van der Waals surface area contributed by atoms with Gasteiger partial charge in [-0.2, -0.15) is 0 Å². The van der Waals surface area contributed by atoms with E-state index in [0.717, 1.165) is 37.1 Å². The Morgan fingerprint density at radius 3 is 1.70 bits per heavy atom. The molecular formula is C24H33NO2. The lowest BCUT2D eigenvalue weighted by Gasteiger charge is -2.35. The number of phenolic OH excluding ortho intramolecular Hbond substituents is 2. The molecule has 2 N–H and O–H groups in total. The standard InChI is InChI=1S/C24H33NO2/c1-3-18-10-12-23(26)20(14-18)16-25(22-8-6-5-7-9-22)17-21-15-19(4-2)11-13-24(21)27/h10-15,22,26-27H,3-9,16-17H2,1-2H3. The first-order valence-corrected chi connectivity index (χ1v) is 10.5. The second kappa shape index (κ2) is 9.27. The summed E-state index contributed by atoms with van der Waals surface area (Å²) in [5.74, 6) is 0.749. The van der Waals surface area contributed by atoms with Gasteiger partial charge in [-0.05, 0) is 48.9 Å². The van der Waals surface area contributed by atoms with Crippen LogP contribution in [0.4, 0.5) is 0 Å². The van der Waals surface area contributed by atoms with E-state index < -0.39 is 0 Å². The van der Waals surface area contributed by atoms with Gasteiger partial charge in [-0.3, -0.25) is 4.90 Å². The summed E-state index contributed by atoms with van der Waals surface area (Å²) >= 11 is 0. The van der Waals surface area contributed by atoms with E-state index in [4.69, 9.17) is 0 Å². The van der Waals surface area contributed by atoms with Gasteiger partial charge < -0.3 is 10.2 Å². The summed E-state index contributed by atoms with van der Waals surface area (Å²) in [5, 5.41) is 20.8. The van der Waals surface area contributed by atoms with Crippen LogP contribution in [0, 0.1) is 0 Å². The average molecular weight is 368 g/mol. The second-order valence-electron chi connectivity index (χ2n) is 7.83. The van der Waals surface area contributed by atoms with Crippen LogP contribution in [0.15, 0.2) is 36.4 Å². The molecule has 3 nitrogen and oxygen atoms in total. The number of aromatic hydroxyl groups is 2. The summed E-state index contributed by atoms with van der Waals surface area (Å²) in [4.78, 5) is 2.46. The lowest BCUT2D eigenvalue weighted by molar-refractivity contribution is 0.137. The predicted molar refractivity (Wildman–Crippen MR) is 111 cm³/mol. The van der Waals surface area contributed by atoms with Crippen LogP contribution >= 0.6 is 0 Å². The first kappa shape index (κ1) is 19.8. The third-order valence-electron chi connectivity index (χ3n) is 5.94. The molecule has 2 aromatic rings. The van der Waals surface area contributed by atoms with Crippen molar-refractivity contribution in [3.05, 3.63) is 58.7 Å². The van der Waals surface area contributed by atoms with Crippen molar-refractivity contribution in [3.8, 4) is 11.5 Å². The Hall–Kier alpha value is -2.00. The molecule has 1 aliphatic carbocycles. The Kier molecular flexibility index (Phi) is 6.78. The Balaban J connectivity index is 1.87. The van der Waals surface area contributed by atoms with E-state index in [1.807, 2.05) is 24.3 Å². The van der Waals surface area contributed by atoms with Gasteiger partial charge in [-0.15, -0.1) is 0 Å². The van der Waals surface area contributed by atoms with Gasteiger partial charge in [0.15, 0.2) is 0 Å². The van der Waals surface area contributed by atoms with Gasteiger partial charge in [0.05, 0.1) is 0 Å². The fourth-order valence-electron chi connectivity index (χ4n) is 4.17. The zero-order valence-corrected chi connectivity index (χ0v) is 16.7. The number of hydrogen-bond donors (Lipinski definition) is 2. The van der Waals surface area contributed by atoms with E-state index in [9.17, 15) is 10.2 Å². The largest absolute Gasteiger partial charge is 0.508 e. The van der Waals surface area contributed by atoms with E-state index >= 15 is 0 Å². The summed E-state index contributed by atoms with van der Waals surface area (Å²) in [6, 6.07) is 12.4. The maximum absolute atomic E-state index is 10.4. The van der Waals surface area contributed by atoms with Gasteiger partial charge in [-0.1, -0.05) is 57.4 Å². The Morgan fingerprint density at radius 2 is 1.26 bits per heavy atom. The van der Waals surface area contributed by atoms with Crippen molar-refractivity contribution in [2.45, 2.75) is 77.9 Å². The van der Waals surface area contributed by atoms with E-state index in [2.05, 4.69) is 30.9 Å². The maximum Gasteiger partial charge on any atom is 0.120 e. The first-order chi connectivity index (χ1) is 13.1. The Bertz CT molecular complexity index is 695. The molecule has 0 unspecified atom stereocenters. The van der Waals surface area contributed by atoms with Gasteiger partial charge >= 0.3 is 0 Å². The van der Waals surface area contributed by atoms with Crippen molar-refractivity contribution in [2.24, 2.45) is 0 Å². The smallest absolute Gasteiger partial charge is 0.120 e. The van der Waals surface area contributed by atoms with E-state index in [1.165, 1.54) is 43.2 Å². The van der Waals surface area contributed by atoms with Crippen molar-refractivity contribution in [1.29, 1.82) is 0 Å². The van der Waals surface area contributed by atoms with Crippen molar-refractivity contribution in [2.75, 3.05) is 0 Å². The molecule has 3 heteroatoms. The Labute approximate surface area is 163 Å². The number of rotatable bonds is 7. The van der Waals surface area contributed by atoms with Gasteiger partial charge in [0, 0.05) is 30.3 Å². The monoisotopic (exact) mass is 367 g/mol. The van der Waals surface area contributed by atoms with Crippen molar-refractivity contribution in [3.63, 3.8) is 0 Å². The molecule has 0 aromatic heterocycles. The second-order valence-corrected chi connectivity index (χ2v) is 7.83. The molecule has 0 atom stereocenters. The molecule has 0 aliphatic heterocycles. The summed E-state index contributed by atoms with van der Waals surface area (Å²) in [5.41, 5.74) is 4.49. The topological polar surface area (TPSA) is 43.7 Å². The third-order valence-corrected chi connectivity index (χ3v) is 5.94. The quantitative estimate of drug-likeness (QED) is 0.673. The zero-order chi connectivity index (χ0) is 19.2. The van der Waals surface area contributed by atoms with Gasteiger partial charge in [-0.25, -0.2) is 0 Å². The first-order valence-electron chi connectivity index (χ1n) is 10.5. The zero-order valence-electron chi connectivity index (χ0n) is 16.7. The molecule has 0 amide bonds. The fourth-order valence-corrected chi connectivity index (χ4v) is 4.17. The molecule has 1 aliphatic rings. The van der Waals surface area contributed by atoms with Crippen LogP contribution < -0.4 is 0 Å². The summed E-state index contributed by atoms with van der Waals surface area (Å²) in [7, 11) is 0. The van der Waals surface area contributed by atoms with Crippen molar-refractivity contribution < 1.29 is 10.2 Å². The highest BCUT2D eigenvalue weighted by Gasteiger charge is 2.23.